The van der Waals surface area contributed by atoms with Gasteiger partial charge >= 0.3 is 0 Å². The van der Waals surface area contributed by atoms with Crippen molar-refractivity contribution in [2.24, 2.45) is 0 Å². The average Bonchev–Trinajstić information content (AvgIpc) is 2.63. The van der Waals surface area contributed by atoms with Crippen LogP contribution in [0.5, 0.6) is 5.19 Å². The van der Waals surface area contributed by atoms with Crippen LogP contribution in [-0.2, 0) is 0 Å². The minimum Gasteiger partial charge on any atom is -0.467 e. The average molecular weight is 216 g/mol. The zero-order valence-electron chi connectivity index (χ0n) is 8.43. The second-order valence-corrected chi connectivity index (χ2v) is 4.18. The number of aliphatic hydroxyl groups is 1. The van der Waals surface area contributed by atoms with Gasteiger partial charge in [0.05, 0.1) is 0 Å². The van der Waals surface area contributed by atoms with Crippen LogP contribution in [0.15, 0.2) is 11.6 Å². The molecule has 1 aromatic rings. The first kappa shape index (κ1) is 11.4. The minimum atomic E-state index is -0.485. The third-order valence-corrected chi connectivity index (χ3v) is 2.25. The molecule has 0 bridgehead atoms. The molecular weight excluding hydrogens is 200 g/mol. The molecule has 0 aliphatic carbocycles. The summed E-state index contributed by atoms with van der Waals surface area (Å²) in [5.41, 5.74) is 0. The van der Waals surface area contributed by atoms with Gasteiger partial charge in [-0.05, 0) is 0 Å². The molecule has 0 radical (unpaired) electrons. The fourth-order valence-corrected chi connectivity index (χ4v) is 1.38. The number of nitrogens with one attached hydrogen (secondary N) is 1. The predicted octanol–water partition coefficient (Wildman–Crippen LogP) is 0.881. The second kappa shape index (κ2) is 5.95. The summed E-state index contributed by atoms with van der Waals surface area (Å²) in [6.07, 6.45) is 1.19. The van der Waals surface area contributed by atoms with Crippen LogP contribution in [0.1, 0.15) is 13.8 Å². The van der Waals surface area contributed by atoms with Crippen LogP contribution >= 0.6 is 11.3 Å². The maximum atomic E-state index is 9.49. The smallest absolute Gasteiger partial charge is 0.273 e. The molecule has 1 atom stereocenters. The van der Waals surface area contributed by atoms with Crippen molar-refractivity contribution in [3.05, 3.63) is 11.6 Å². The maximum absolute atomic E-state index is 9.49. The highest BCUT2D eigenvalue weighted by Crippen LogP contribution is 2.13. The molecule has 5 heteroatoms. The fourth-order valence-electron chi connectivity index (χ4n) is 0.880. The summed E-state index contributed by atoms with van der Waals surface area (Å²) in [6.45, 7) is 4.90. The van der Waals surface area contributed by atoms with Crippen LogP contribution < -0.4 is 10.1 Å². The molecule has 0 aliphatic rings. The van der Waals surface area contributed by atoms with Crippen LogP contribution in [0.25, 0.3) is 0 Å². The van der Waals surface area contributed by atoms with E-state index in [4.69, 9.17) is 4.74 Å². The lowest BCUT2D eigenvalue weighted by Crippen LogP contribution is -2.35. The van der Waals surface area contributed by atoms with Crippen LogP contribution in [0, 0.1) is 0 Å². The number of hydrogen-bond acceptors (Lipinski definition) is 5. The topological polar surface area (TPSA) is 54.4 Å². The molecular formula is C9H16N2O2S. The van der Waals surface area contributed by atoms with E-state index in [1.165, 1.54) is 11.3 Å². The first-order valence-corrected chi connectivity index (χ1v) is 5.50. The standard InChI is InChI=1S/C9H16N2O2S/c1-7(2)11-5-8(12)6-13-9-10-3-4-14-9/h3-4,7-8,11-12H,5-6H2,1-2H3/t8-/m1/s1. The van der Waals surface area contributed by atoms with Gasteiger partial charge in [0, 0.05) is 24.2 Å². The van der Waals surface area contributed by atoms with E-state index in [1.54, 1.807) is 6.20 Å². The molecule has 0 unspecified atom stereocenters. The maximum Gasteiger partial charge on any atom is 0.273 e. The Morgan fingerprint density at radius 2 is 2.43 bits per heavy atom. The van der Waals surface area contributed by atoms with Gasteiger partial charge in [0.2, 0.25) is 0 Å². The molecule has 0 spiro atoms. The van der Waals surface area contributed by atoms with Crippen LogP contribution in [0.2, 0.25) is 0 Å². The van der Waals surface area contributed by atoms with Crippen molar-refractivity contribution in [1.29, 1.82) is 0 Å². The third kappa shape index (κ3) is 4.55. The molecule has 1 rings (SSSR count). The van der Waals surface area contributed by atoms with Gasteiger partial charge in [-0.15, -0.1) is 0 Å². The van der Waals surface area contributed by atoms with E-state index < -0.39 is 6.10 Å². The number of ether oxygens (including phenoxy) is 1. The van der Waals surface area contributed by atoms with Crippen LogP contribution in [-0.4, -0.2) is 35.4 Å². The van der Waals surface area contributed by atoms with Gasteiger partial charge in [0.15, 0.2) is 0 Å². The van der Waals surface area contributed by atoms with Crippen molar-refractivity contribution >= 4 is 11.3 Å². The van der Waals surface area contributed by atoms with Crippen molar-refractivity contribution in [3.63, 3.8) is 0 Å². The fraction of sp³-hybridized carbons (Fsp3) is 0.667. The van der Waals surface area contributed by atoms with Crippen molar-refractivity contribution in [1.82, 2.24) is 10.3 Å². The molecule has 1 aromatic heterocycles. The summed E-state index contributed by atoms with van der Waals surface area (Å²) in [5.74, 6) is 0. The molecule has 80 valence electrons. The molecule has 1 heterocycles. The quantitative estimate of drug-likeness (QED) is 0.741. The molecule has 0 saturated heterocycles. The Morgan fingerprint density at radius 3 is 3.00 bits per heavy atom. The molecule has 14 heavy (non-hydrogen) atoms. The highest BCUT2D eigenvalue weighted by Gasteiger charge is 2.06. The van der Waals surface area contributed by atoms with E-state index in [-0.39, 0.29) is 6.61 Å². The van der Waals surface area contributed by atoms with Crippen LogP contribution in [0.4, 0.5) is 0 Å². The molecule has 4 nitrogen and oxygen atoms in total. The van der Waals surface area contributed by atoms with Gasteiger partial charge in [0.1, 0.15) is 12.7 Å². The number of thiazole rings is 1. The van der Waals surface area contributed by atoms with Crippen LogP contribution in [0.3, 0.4) is 0 Å². The minimum absolute atomic E-state index is 0.285. The van der Waals surface area contributed by atoms with E-state index in [9.17, 15) is 5.11 Å². The number of aromatic nitrogens is 1. The van der Waals surface area contributed by atoms with Gasteiger partial charge in [-0.1, -0.05) is 25.2 Å². The molecule has 0 saturated carbocycles. The number of aliphatic hydroxyl groups excluding tert-OH is 1. The number of nitrogens with zero attached hydrogens (tertiary/aromatic N) is 1. The highest BCUT2D eigenvalue weighted by atomic mass is 32.1. The van der Waals surface area contributed by atoms with Crippen molar-refractivity contribution < 1.29 is 9.84 Å². The van der Waals surface area contributed by atoms with Gasteiger partial charge in [0.25, 0.3) is 5.19 Å². The Bertz CT molecular complexity index is 239. The van der Waals surface area contributed by atoms with Crippen molar-refractivity contribution in [2.75, 3.05) is 13.2 Å². The second-order valence-electron chi connectivity index (χ2n) is 3.33. The van der Waals surface area contributed by atoms with E-state index in [1.807, 2.05) is 19.2 Å². The Kier molecular flexibility index (Phi) is 4.86. The van der Waals surface area contributed by atoms with Gasteiger partial charge in [-0.25, -0.2) is 4.98 Å². The van der Waals surface area contributed by atoms with E-state index in [2.05, 4.69) is 10.3 Å². The van der Waals surface area contributed by atoms with Gasteiger partial charge < -0.3 is 15.2 Å². The molecule has 0 fully saturated rings. The lowest BCUT2D eigenvalue weighted by molar-refractivity contribution is 0.104. The Hall–Kier alpha value is -0.650. The van der Waals surface area contributed by atoms with Crippen molar-refractivity contribution in [2.45, 2.75) is 26.0 Å². The SMILES string of the molecule is CC(C)NC[C@@H](O)COc1nccs1. The Morgan fingerprint density at radius 1 is 1.64 bits per heavy atom. The summed E-state index contributed by atoms with van der Waals surface area (Å²) in [5, 5.41) is 15.1. The Balaban J connectivity index is 2.12. The van der Waals surface area contributed by atoms with Gasteiger partial charge in [-0.2, -0.15) is 0 Å². The first-order valence-electron chi connectivity index (χ1n) is 4.62. The number of rotatable bonds is 6. The van der Waals surface area contributed by atoms with Crippen molar-refractivity contribution in [3.8, 4) is 5.19 Å². The predicted molar refractivity (Wildman–Crippen MR) is 56.8 cm³/mol. The highest BCUT2D eigenvalue weighted by molar-refractivity contribution is 7.11. The van der Waals surface area contributed by atoms with E-state index >= 15 is 0 Å². The normalized spacial score (nSPS) is 13.1. The number of hydrogen-bond donors (Lipinski definition) is 2. The van der Waals surface area contributed by atoms with Gasteiger partial charge in [-0.3, -0.25) is 0 Å². The first-order chi connectivity index (χ1) is 6.68. The zero-order chi connectivity index (χ0) is 10.4. The molecule has 0 aliphatic heterocycles. The summed E-state index contributed by atoms with van der Waals surface area (Å²) in [4.78, 5) is 3.95. The zero-order valence-corrected chi connectivity index (χ0v) is 9.25. The van der Waals surface area contributed by atoms with E-state index in [0.29, 0.717) is 17.8 Å². The lowest BCUT2D eigenvalue weighted by Gasteiger charge is -2.13. The van der Waals surface area contributed by atoms with E-state index in [0.717, 1.165) is 0 Å². The molecule has 2 N–H and O–H groups in total. The third-order valence-electron chi connectivity index (χ3n) is 1.57. The summed E-state index contributed by atoms with van der Waals surface area (Å²) in [6, 6.07) is 0.379. The monoisotopic (exact) mass is 216 g/mol. The lowest BCUT2D eigenvalue weighted by atomic mass is 10.3. The summed E-state index contributed by atoms with van der Waals surface area (Å²) >= 11 is 1.42. The summed E-state index contributed by atoms with van der Waals surface area (Å²) < 4.78 is 5.26. The summed E-state index contributed by atoms with van der Waals surface area (Å²) in [7, 11) is 0. The molecule has 0 aromatic carbocycles. The molecule has 0 amide bonds. The largest absolute Gasteiger partial charge is 0.467 e. The Labute approximate surface area is 87.9 Å².